The van der Waals surface area contributed by atoms with Crippen LogP contribution in [-0.4, -0.2) is 53.6 Å². The maximum Gasteiger partial charge on any atom is 0.249 e. The van der Waals surface area contributed by atoms with Crippen molar-refractivity contribution in [1.82, 2.24) is 9.88 Å². The summed E-state index contributed by atoms with van der Waals surface area (Å²) in [5, 5.41) is 0. The summed E-state index contributed by atoms with van der Waals surface area (Å²) in [7, 11) is 0. The fourth-order valence-electron chi connectivity index (χ4n) is 4.29. The third kappa shape index (κ3) is 3.47. The second-order valence-corrected chi connectivity index (χ2v) is 7.75. The Hall–Kier alpha value is -1.60. The third-order valence-corrected chi connectivity index (χ3v) is 5.90. The molecule has 1 aliphatic carbocycles. The maximum absolute atomic E-state index is 13.0. The quantitative estimate of drug-likeness (QED) is 0.727. The van der Waals surface area contributed by atoms with Crippen molar-refractivity contribution in [3.63, 3.8) is 0 Å². The van der Waals surface area contributed by atoms with Crippen LogP contribution in [0.15, 0.2) is 24.5 Å². The van der Waals surface area contributed by atoms with E-state index in [1.54, 1.807) is 17.3 Å². The molecule has 5 nitrogen and oxygen atoms in total. The lowest BCUT2D eigenvalue weighted by Gasteiger charge is -2.52. The van der Waals surface area contributed by atoms with Gasteiger partial charge in [-0.1, -0.05) is 0 Å². The highest BCUT2D eigenvalue weighted by atomic mass is 19.3. The minimum absolute atomic E-state index is 0.135. The summed E-state index contributed by atoms with van der Waals surface area (Å²) in [6.45, 7) is 2.95. The van der Waals surface area contributed by atoms with E-state index in [1.165, 1.54) is 0 Å². The number of alkyl halides is 2. The Balaban J connectivity index is 1.21. The molecule has 1 aromatic rings. The largest absolute Gasteiger partial charge is 0.377 e. The molecule has 142 valence electrons. The van der Waals surface area contributed by atoms with Crippen LogP contribution in [0.3, 0.4) is 0 Å². The zero-order valence-corrected chi connectivity index (χ0v) is 14.7. The Morgan fingerprint density at radius 2 is 2.04 bits per heavy atom. The summed E-state index contributed by atoms with van der Waals surface area (Å²) < 4.78 is 37.7. The standard InChI is InChI=1S/C19H24F2N2O3/c20-19(21)9-15(10-19)17(24)23-12-18(13-23)16(4-8-26-18)3-7-25-11-14-1-5-22-6-2-14/h1-2,5-6,15-16H,3-4,7-13H2/t16-/m1/s1. The SMILES string of the molecule is O=C(C1CC(F)(F)C1)N1CC2(C1)OCC[C@H]2CCOCc1ccncc1. The van der Waals surface area contributed by atoms with Crippen molar-refractivity contribution in [2.45, 2.75) is 43.8 Å². The van der Waals surface area contributed by atoms with E-state index in [2.05, 4.69) is 4.98 Å². The highest BCUT2D eigenvalue weighted by Gasteiger charge is 2.57. The molecule has 0 radical (unpaired) electrons. The molecule has 0 unspecified atom stereocenters. The van der Waals surface area contributed by atoms with Crippen LogP contribution in [0.25, 0.3) is 0 Å². The Kier molecular flexibility index (Phi) is 4.69. The van der Waals surface area contributed by atoms with Gasteiger partial charge in [0.1, 0.15) is 5.60 Å². The monoisotopic (exact) mass is 366 g/mol. The molecule has 0 N–H and O–H groups in total. The molecule has 26 heavy (non-hydrogen) atoms. The van der Waals surface area contributed by atoms with E-state index in [0.717, 1.165) is 18.4 Å². The molecule has 1 spiro atoms. The molecule has 1 saturated carbocycles. The first-order chi connectivity index (χ1) is 12.5. The molecular weight excluding hydrogens is 342 g/mol. The zero-order chi connectivity index (χ0) is 18.2. The molecule has 1 aromatic heterocycles. The first kappa shape index (κ1) is 17.8. The fraction of sp³-hybridized carbons (Fsp3) is 0.684. The average Bonchev–Trinajstić information content (AvgIpc) is 2.99. The first-order valence-corrected chi connectivity index (χ1v) is 9.25. The lowest BCUT2D eigenvalue weighted by atomic mass is 9.75. The lowest BCUT2D eigenvalue weighted by molar-refractivity contribution is -0.185. The van der Waals surface area contributed by atoms with E-state index in [1.807, 2.05) is 12.1 Å². The second kappa shape index (κ2) is 6.85. The number of hydrogen-bond donors (Lipinski definition) is 0. The van der Waals surface area contributed by atoms with Crippen LogP contribution in [-0.2, 0) is 20.9 Å². The van der Waals surface area contributed by atoms with Gasteiger partial charge in [0.05, 0.1) is 19.7 Å². The van der Waals surface area contributed by atoms with Crippen LogP contribution in [0.1, 0.15) is 31.2 Å². The number of carbonyl (C=O) groups excluding carboxylic acids is 1. The van der Waals surface area contributed by atoms with Gasteiger partial charge in [-0.2, -0.15) is 0 Å². The van der Waals surface area contributed by atoms with Gasteiger partial charge in [-0.3, -0.25) is 9.78 Å². The normalized spacial score (nSPS) is 26.5. The van der Waals surface area contributed by atoms with Crippen molar-refractivity contribution < 1.29 is 23.0 Å². The summed E-state index contributed by atoms with van der Waals surface area (Å²) in [5.41, 5.74) is 0.803. The molecule has 3 heterocycles. The highest BCUT2D eigenvalue weighted by molar-refractivity contribution is 5.81. The highest BCUT2D eigenvalue weighted by Crippen LogP contribution is 2.47. The topological polar surface area (TPSA) is 51.7 Å². The average molecular weight is 366 g/mol. The van der Waals surface area contributed by atoms with Gasteiger partial charge < -0.3 is 14.4 Å². The van der Waals surface area contributed by atoms with Crippen molar-refractivity contribution in [1.29, 1.82) is 0 Å². The van der Waals surface area contributed by atoms with E-state index >= 15 is 0 Å². The predicted molar refractivity (Wildman–Crippen MR) is 89.6 cm³/mol. The van der Waals surface area contributed by atoms with E-state index < -0.39 is 11.8 Å². The van der Waals surface area contributed by atoms with Crippen LogP contribution in [0.2, 0.25) is 0 Å². The number of amides is 1. The molecule has 2 aliphatic heterocycles. The number of rotatable bonds is 6. The number of halogens is 2. The van der Waals surface area contributed by atoms with Gasteiger partial charge in [-0.05, 0) is 36.5 Å². The maximum atomic E-state index is 13.0. The number of aromatic nitrogens is 1. The van der Waals surface area contributed by atoms with Gasteiger partial charge in [-0.15, -0.1) is 0 Å². The summed E-state index contributed by atoms with van der Waals surface area (Å²) >= 11 is 0. The molecule has 0 bridgehead atoms. The van der Waals surface area contributed by atoms with E-state index in [-0.39, 0.29) is 24.3 Å². The van der Waals surface area contributed by atoms with Crippen LogP contribution < -0.4 is 0 Å². The molecule has 0 aromatic carbocycles. The number of likely N-dealkylation sites (tertiary alicyclic amines) is 1. The third-order valence-electron chi connectivity index (χ3n) is 5.90. The van der Waals surface area contributed by atoms with Crippen LogP contribution in [0, 0.1) is 11.8 Å². The van der Waals surface area contributed by atoms with Crippen molar-refractivity contribution >= 4 is 5.91 Å². The predicted octanol–water partition coefficient (Wildman–Crippen LogP) is 2.65. The van der Waals surface area contributed by atoms with Gasteiger partial charge in [0, 0.05) is 44.4 Å². The van der Waals surface area contributed by atoms with Gasteiger partial charge in [-0.25, -0.2) is 8.78 Å². The Labute approximate surface area is 151 Å². The molecule has 4 rings (SSSR count). The van der Waals surface area contributed by atoms with Crippen molar-refractivity contribution in [3.8, 4) is 0 Å². The first-order valence-electron chi connectivity index (χ1n) is 9.25. The molecule has 3 fully saturated rings. The summed E-state index contributed by atoms with van der Waals surface area (Å²) in [4.78, 5) is 17.9. The van der Waals surface area contributed by atoms with E-state index in [0.29, 0.717) is 38.8 Å². The molecule has 2 saturated heterocycles. The van der Waals surface area contributed by atoms with Gasteiger partial charge >= 0.3 is 0 Å². The molecule has 7 heteroatoms. The zero-order valence-electron chi connectivity index (χ0n) is 14.7. The van der Waals surface area contributed by atoms with E-state index in [9.17, 15) is 13.6 Å². The van der Waals surface area contributed by atoms with Crippen molar-refractivity contribution in [2.75, 3.05) is 26.3 Å². The van der Waals surface area contributed by atoms with Crippen LogP contribution in [0.5, 0.6) is 0 Å². The van der Waals surface area contributed by atoms with Gasteiger partial charge in [0.15, 0.2) is 0 Å². The minimum Gasteiger partial charge on any atom is -0.377 e. The van der Waals surface area contributed by atoms with Gasteiger partial charge in [0.25, 0.3) is 0 Å². The van der Waals surface area contributed by atoms with Crippen LogP contribution >= 0.6 is 0 Å². The van der Waals surface area contributed by atoms with Gasteiger partial charge in [0.2, 0.25) is 11.8 Å². The summed E-state index contributed by atoms with van der Waals surface area (Å²) in [6, 6.07) is 3.86. The molecule has 1 amide bonds. The minimum atomic E-state index is -2.65. The lowest BCUT2D eigenvalue weighted by Crippen LogP contribution is -2.67. The number of carbonyl (C=O) groups is 1. The Morgan fingerprint density at radius 1 is 1.31 bits per heavy atom. The van der Waals surface area contributed by atoms with Crippen molar-refractivity contribution in [2.24, 2.45) is 11.8 Å². The van der Waals surface area contributed by atoms with Crippen molar-refractivity contribution in [3.05, 3.63) is 30.1 Å². The number of pyridine rings is 1. The van der Waals surface area contributed by atoms with Crippen LogP contribution in [0.4, 0.5) is 8.78 Å². The summed E-state index contributed by atoms with van der Waals surface area (Å²) in [5.74, 6) is -2.94. The molecule has 1 atom stereocenters. The molecular formula is C19H24F2N2O3. The van der Waals surface area contributed by atoms with E-state index in [4.69, 9.17) is 9.47 Å². The summed E-state index contributed by atoms with van der Waals surface area (Å²) in [6.07, 6.45) is 4.73. The number of ether oxygens (including phenoxy) is 2. The second-order valence-electron chi connectivity index (χ2n) is 7.75. The fourth-order valence-corrected chi connectivity index (χ4v) is 4.29. The number of nitrogens with zero attached hydrogens (tertiary/aromatic N) is 2. The smallest absolute Gasteiger partial charge is 0.249 e. The Bertz CT molecular complexity index is 641. The molecule has 3 aliphatic rings. The number of hydrogen-bond acceptors (Lipinski definition) is 4. The Morgan fingerprint density at radius 3 is 2.73 bits per heavy atom.